The lowest BCUT2D eigenvalue weighted by atomic mass is 10.2. The standard InChI is InChI=1S/C22H14Br2N4O8/c23-15-3-7-19(36-22(30)13-1-4-16(5-2-13)27(31)32)14(9-15)11-25-26-21(29)12-35-20-8-6-17(28(33)34)10-18(20)24/h1-11H,12H2,(H,26,29). The molecule has 12 nitrogen and oxygen atoms in total. The lowest BCUT2D eigenvalue weighted by Gasteiger charge is -2.08. The highest BCUT2D eigenvalue weighted by atomic mass is 79.9. The van der Waals surface area contributed by atoms with Gasteiger partial charge in [0.2, 0.25) is 0 Å². The molecule has 36 heavy (non-hydrogen) atoms. The summed E-state index contributed by atoms with van der Waals surface area (Å²) < 4.78 is 11.7. The van der Waals surface area contributed by atoms with Crippen molar-refractivity contribution in [1.29, 1.82) is 0 Å². The van der Waals surface area contributed by atoms with Crippen LogP contribution in [-0.4, -0.2) is 34.5 Å². The fourth-order valence-corrected chi connectivity index (χ4v) is 3.52. The summed E-state index contributed by atoms with van der Waals surface area (Å²) in [5.74, 6) is -0.998. The van der Waals surface area contributed by atoms with Gasteiger partial charge in [0.15, 0.2) is 6.61 Å². The van der Waals surface area contributed by atoms with E-state index in [1.165, 1.54) is 54.7 Å². The second kappa shape index (κ2) is 12.0. The Morgan fingerprint density at radius 1 is 0.917 bits per heavy atom. The van der Waals surface area contributed by atoms with E-state index in [9.17, 15) is 29.8 Å². The number of hydrogen-bond acceptors (Lipinski definition) is 9. The number of ether oxygens (including phenoxy) is 2. The molecule has 0 spiro atoms. The minimum atomic E-state index is -0.743. The van der Waals surface area contributed by atoms with Crippen molar-refractivity contribution in [3.8, 4) is 11.5 Å². The van der Waals surface area contributed by atoms with E-state index in [-0.39, 0.29) is 28.4 Å². The zero-order valence-electron chi connectivity index (χ0n) is 17.9. The third kappa shape index (κ3) is 7.16. The molecule has 0 unspecified atom stereocenters. The van der Waals surface area contributed by atoms with Gasteiger partial charge in [-0.25, -0.2) is 10.2 Å². The number of hydrazone groups is 1. The summed E-state index contributed by atoms with van der Waals surface area (Å²) in [7, 11) is 0. The van der Waals surface area contributed by atoms with Gasteiger partial charge in [-0.3, -0.25) is 25.0 Å². The predicted octanol–water partition coefficient (Wildman–Crippen LogP) is 4.78. The summed E-state index contributed by atoms with van der Waals surface area (Å²) >= 11 is 6.44. The van der Waals surface area contributed by atoms with Crippen molar-refractivity contribution in [2.24, 2.45) is 5.10 Å². The van der Waals surface area contributed by atoms with Crippen LogP contribution in [0.25, 0.3) is 0 Å². The average molecular weight is 622 g/mol. The van der Waals surface area contributed by atoms with Crippen molar-refractivity contribution in [3.63, 3.8) is 0 Å². The molecule has 0 aliphatic heterocycles. The van der Waals surface area contributed by atoms with Gasteiger partial charge < -0.3 is 9.47 Å². The third-order valence-electron chi connectivity index (χ3n) is 4.37. The van der Waals surface area contributed by atoms with Crippen molar-refractivity contribution in [2.75, 3.05) is 6.61 Å². The van der Waals surface area contributed by atoms with Crippen molar-refractivity contribution in [1.82, 2.24) is 5.43 Å². The maximum absolute atomic E-state index is 12.4. The number of benzene rings is 3. The van der Waals surface area contributed by atoms with E-state index in [2.05, 4.69) is 42.4 Å². The van der Waals surface area contributed by atoms with Crippen LogP contribution in [0.1, 0.15) is 15.9 Å². The largest absolute Gasteiger partial charge is 0.483 e. The van der Waals surface area contributed by atoms with E-state index in [0.29, 0.717) is 14.5 Å². The SMILES string of the molecule is O=C(COc1ccc([N+](=O)[O-])cc1Br)NN=Cc1cc(Br)ccc1OC(=O)c1ccc([N+](=O)[O-])cc1. The molecule has 0 aliphatic rings. The van der Waals surface area contributed by atoms with Crippen LogP contribution in [-0.2, 0) is 4.79 Å². The number of amides is 1. The lowest BCUT2D eigenvalue weighted by Crippen LogP contribution is -2.24. The Bertz CT molecular complexity index is 1360. The zero-order valence-corrected chi connectivity index (χ0v) is 21.1. The summed E-state index contributed by atoms with van der Waals surface area (Å²) in [5.41, 5.74) is 2.41. The molecule has 3 rings (SSSR count). The number of nitrogens with one attached hydrogen (secondary N) is 1. The van der Waals surface area contributed by atoms with Gasteiger partial charge in [-0.05, 0) is 52.3 Å². The lowest BCUT2D eigenvalue weighted by molar-refractivity contribution is -0.385. The fraction of sp³-hybridized carbons (Fsp3) is 0.0455. The monoisotopic (exact) mass is 620 g/mol. The quantitative estimate of drug-likeness (QED) is 0.117. The van der Waals surface area contributed by atoms with Gasteiger partial charge >= 0.3 is 5.97 Å². The Balaban J connectivity index is 1.62. The summed E-state index contributed by atoms with van der Waals surface area (Å²) in [5, 5.41) is 25.4. The minimum Gasteiger partial charge on any atom is -0.483 e. The molecule has 0 aromatic heterocycles. The molecule has 0 radical (unpaired) electrons. The fourth-order valence-electron chi connectivity index (χ4n) is 2.66. The highest BCUT2D eigenvalue weighted by molar-refractivity contribution is 9.10. The van der Waals surface area contributed by atoms with E-state index in [1.54, 1.807) is 12.1 Å². The Morgan fingerprint density at radius 3 is 2.19 bits per heavy atom. The van der Waals surface area contributed by atoms with Crippen LogP contribution in [0.3, 0.4) is 0 Å². The first-order valence-electron chi connectivity index (χ1n) is 9.79. The molecule has 0 bridgehead atoms. The molecule has 1 amide bonds. The van der Waals surface area contributed by atoms with Crippen molar-refractivity contribution in [3.05, 3.63) is 101 Å². The summed E-state index contributed by atoms with van der Waals surface area (Å²) in [6, 6.07) is 13.5. The number of nitro groups is 2. The van der Waals surface area contributed by atoms with E-state index >= 15 is 0 Å². The van der Waals surface area contributed by atoms with Crippen LogP contribution in [0.15, 0.2) is 74.7 Å². The average Bonchev–Trinajstić information content (AvgIpc) is 2.84. The number of carbonyl (C=O) groups is 2. The second-order valence-electron chi connectivity index (χ2n) is 6.83. The number of nitro benzene ring substituents is 2. The number of rotatable bonds is 9. The minimum absolute atomic E-state index is 0.106. The molecular formula is C22H14Br2N4O8. The Hall–Kier alpha value is -4.17. The third-order valence-corrected chi connectivity index (χ3v) is 5.48. The van der Waals surface area contributed by atoms with E-state index in [0.717, 1.165) is 0 Å². The Labute approximate surface area is 219 Å². The molecule has 0 fully saturated rings. The van der Waals surface area contributed by atoms with Crippen LogP contribution in [0.2, 0.25) is 0 Å². The number of halogens is 2. The van der Waals surface area contributed by atoms with Crippen LogP contribution >= 0.6 is 31.9 Å². The Morgan fingerprint density at radius 2 is 1.56 bits per heavy atom. The number of non-ortho nitro benzene ring substituents is 2. The molecule has 3 aromatic rings. The summed E-state index contributed by atoms with van der Waals surface area (Å²) in [6.45, 7) is -0.422. The predicted molar refractivity (Wildman–Crippen MR) is 134 cm³/mol. The molecule has 0 aliphatic carbocycles. The molecule has 14 heteroatoms. The number of nitrogens with zero attached hydrogens (tertiary/aromatic N) is 3. The smallest absolute Gasteiger partial charge is 0.343 e. The highest BCUT2D eigenvalue weighted by Crippen LogP contribution is 2.29. The van der Waals surface area contributed by atoms with E-state index in [1.807, 2.05) is 0 Å². The molecule has 3 aromatic carbocycles. The molecule has 0 saturated heterocycles. The molecule has 184 valence electrons. The molecular weight excluding hydrogens is 608 g/mol. The first kappa shape index (κ1) is 26.4. The van der Waals surface area contributed by atoms with Gasteiger partial charge in [0.1, 0.15) is 11.5 Å². The summed E-state index contributed by atoms with van der Waals surface area (Å²) in [4.78, 5) is 44.9. The van der Waals surface area contributed by atoms with Gasteiger partial charge in [-0.2, -0.15) is 5.10 Å². The van der Waals surface area contributed by atoms with Crippen molar-refractivity contribution >= 4 is 61.3 Å². The maximum Gasteiger partial charge on any atom is 0.343 e. The van der Waals surface area contributed by atoms with Crippen molar-refractivity contribution in [2.45, 2.75) is 0 Å². The first-order valence-corrected chi connectivity index (χ1v) is 11.4. The van der Waals surface area contributed by atoms with E-state index in [4.69, 9.17) is 9.47 Å². The second-order valence-corrected chi connectivity index (χ2v) is 8.60. The molecule has 0 saturated carbocycles. The molecule has 0 atom stereocenters. The van der Waals surface area contributed by atoms with Gasteiger partial charge in [0.05, 0.1) is 26.1 Å². The number of esters is 1. The maximum atomic E-state index is 12.4. The molecule has 1 N–H and O–H groups in total. The van der Waals surface area contributed by atoms with Crippen LogP contribution in [0.4, 0.5) is 11.4 Å². The van der Waals surface area contributed by atoms with Gasteiger partial charge in [-0.15, -0.1) is 0 Å². The molecule has 0 heterocycles. The Kier molecular flexibility index (Phi) is 8.81. The van der Waals surface area contributed by atoms with Gasteiger partial charge in [-0.1, -0.05) is 15.9 Å². The van der Waals surface area contributed by atoms with E-state index < -0.39 is 28.3 Å². The number of carbonyl (C=O) groups excluding carboxylic acids is 2. The first-order chi connectivity index (χ1) is 17.1. The zero-order chi connectivity index (χ0) is 26.2. The normalized spacial score (nSPS) is 10.6. The van der Waals surface area contributed by atoms with Crippen LogP contribution < -0.4 is 14.9 Å². The highest BCUT2D eigenvalue weighted by Gasteiger charge is 2.14. The van der Waals surface area contributed by atoms with Crippen molar-refractivity contribution < 1.29 is 28.9 Å². The topological polar surface area (TPSA) is 163 Å². The van der Waals surface area contributed by atoms with Crippen LogP contribution in [0.5, 0.6) is 11.5 Å². The number of hydrogen-bond donors (Lipinski definition) is 1. The van der Waals surface area contributed by atoms with Crippen LogP contribution in [0, 0.1) is 20.2 Å². The van der Waals surface area contributed by atoms with Gasteiger partial charge in [0.25, 0.3) is 17.3 Å². The summed E-state index contributed by atoms with van der Waals surface area (Å²) in [6.07, 6.45) is 1.25. The van der Waals surface area contributed by atoms with Gasteiger partial charge in [0, 0.05) is 34.3 Å².